The van der Waals surface area contributed by atoms with Gasteiger partial charge in [-0.2, -0.15) is 35.0 Å². The van der Waals surface area contributed by atoms with Crippen LogP contribution in [-0.4, -0.2) is 28.2 Å². The molecule has 0 aliphatic heterocycles. The van der Waals surface area contributed by atoms with Gasteiger partial charge in [-0.25, -0.2) is 0 Å². The van der Waals surface area contributed by atoms with E-state index in [1.807, 2.05) is 0 Å². The molecule has 4 rings (SSSR count). The molecular formula is C22H24Cl2N2Zr. The van der Waals surface area contributed by atoms with Gasteiger partial charge in [0.25, 0.3) is 0 Å². The first-order valence-corrected chi connectivity index (χ1v) is 8.20. The molecule has 0 spiro atoms. The SMILES string of the molecule is CN(C)c1ccc2[cH-]ccc2c1.CN(C)c1ccc2[cH-]ccc2c1.[Cl-].[Cl-].[Zr+4]. The van der Waals surface area contributed by atoms with Crippen molar-refractivity contribution in [3.05, 3.63) is 72.8 Å². The summed E-state index contributed by atoms with van der Waals surface area (Å²) < 4.78 is 0. The second kappa shape index (κ2) is 11.5. The Labute approximate surface area is 193 Å². The zero-order valence-electron chi connectivity index (χ0n) is 16.1. The van der Waals surface area contributed by atoms with Gasteiger partial charge in [0, 0.05) is 39.6 Å². The van der Waals surface area contributed by atoms with Crippen molar-refractivity contribution in [3.63, 3.8) is 0 Å². The molecular weight excluding hydrogens is 454 g/mol. The van der Waals surface area contributed by atoms with Gasteiger partial charge >= 0.3 is 26.2 Å². The maximum Gasteiger partial charge on any atom is 4.00 e. The zero-order valence-corrected chi connectivity index (χ0v) is 20.0. The Balaban J connectivity index is 0.000000451. The third-order valence-electron chi connectivity index (χ3n) is 4.28. The molecule has 0 heterocycles. The molecule has 4 aromatic rings. The normalized spacial score (nSPS) is 9.33. The third kappa shape index (κ3) is 6.38. The van der Waals surface area contributed by atoms with Crippen LogP contribution in [0, 0.1) is 0 Å². The average molecular weight is 479 g/mol. The second-order valence-electron chi connectivity index (χ2n) is 6.47. The van der Waals surface area contributed by atoms with Crippen LogP contribution in [-0.2, 0) is 26.2 Å². The fourth-order valence-electron chi connectivity index (χ4n) is 2.78. The van der Waals surface area contributed by atoms with Crippen molar-refractivity contribution in [1.82, 2.24) is 0 Å². The summed E-state index contributed by atoms with van der Waals surface area (Å²) in [4.78, 5) is 4.24. The molecule has 140 valence electrons. The van der Waals surface area contributed by atoms with E-state index in [0.29, 0.717) is 0 Å². The number of benzene rings is 2. The van der Waals surface area contributed by atoms with Crippen LogP contribution in [0.1, 0.15) is 0 Å². The summed E-state index contributed by atoms with van der Waals surface area (Å²) in [5.74, 6) is 0. The van der Waals surface area contributed by atoms with Crippen LogP contribution in [0.3, 0.4) is 0 Å². The van der Waals surface area contributed by atoms with Gasteiger partial charge in [-0.3, -0.25) is 0 Å². The number of anilines is 2. The molecule has 0 saturated carbocycles. The van der Waals surface area contributed by atoms with Gasteiger partial charge in [-0.1, -0.05) is 24.3 Å². The molecule has 0 saturated heterocycles. The van der Waals surface area contributed by atoms with Gasteiger partial charge in [0.1, 0.15) is 0 Å². The van der Waals surface area contributed by atoms with Gasteiger partial charge in [0.05, 0.1) is 0 Å². The fraction of sp³-hybridized carbons (Fsp3) is 0.182. The van der Waals surface area contributed by atoms with Crippen LogP contribution in [0.2, 0.25) is 0 Å². The van der Waals surface area contributed by atoms with E-state index in [4.69, 9.17) is 0 Å². The number of hydrogen-bond donors (Lipinski definition) is 0. The first-order valence-electron chi connectivity index (χ1n) is 8.20. The molecule has 0 N–H and O–H groups in total. The van der Waals surface area contributed by atoms with Crippen molar-refractivity contribution in [2.75, 3.05) is 38.0 Å². The summed E-state index contributed by atoms with van der Waals surface area (Å²) in [6, 6.07) is 25.7. The van der Waals surface area contributed by atoms with E-state index in [1.165, 1.54) is 32.9 Å². The van der Waals surface area contributed by atoms with Crippen LogP contribution in [0.15, 0.2) is 72.8 Å². The van der Waals surface area contributed by atoms with E-state index >= 15 is 0 Å². The predicted octanol–water partition coefficient (Wildman–Crippen LogP) is -0.745. The van der Waals surface area contributed by atoms with Crippen LogP contribution in [0.5, 0.6) is 0 Å². The van der Waals surface area contributed by atoms with E-state index in [0.717, 1.165) is 0 Å². The van der Waals surface area contributed by atoms with Crippen LogP contribution in [0.4, 0.5) is 11.4 Å². The van der Waals surface area contributed by atoms with Crippen molar-refractivity contribution in [2.45, 2.75) is 0 Å². The topological polar surface area (TPSA) is 6.48 Å². The molecule has 5 heteroatoms. The number of hydrogen-bond acceptors (Lipinski definition) is 2. The molecule has 0 aliphatic carbocycles. The minimum Gasteiger partial charge on any atom is -1.00 e. The number of fused-ring (bicyclic) bond motifs is 2. The second-order valence-corrected chi connectivity index (χ2v) is 6.47. The number of nitrogens with zero attached hydrogens (tertiary/aromatic N) is 2. The predicted molar refractivity (Wildman–Crippen MR) is 108 cm³/mol. The van der Waals surface area contributed by atoms with Crippen molar-refractivity contribution in [2.24, 2.45) is 0 Å². The van der Waals surface area contributed by atoms with Crippen molar-refractivity contribution < 1.29 is 51.0 Å². The maximum atomic E-state index is 2.20. The Morgan fingerprint density at radius 2 is 0.963 bits per heavy atom. The van der Waals surface area contributed by atoms with Gasteiger partial charge in [0.15, 0.2) is 0 Å². The summed E-state index contributed by atoms with van der Waals surface area (Å²) >= 11 is 0. The molecule has 2 nitrogen and oxygen atoms in total. The molecule has 4 aromatic carbocycles. The van der Waals surface area contributed by atoms with Gasteiger partial charge in [0.2, 0.25) is 0 Å². The molecule has 0 atom stereocenters. The van der Waals surface area contributed by atoms with Crippen LogP contribution < -0.4 is 34.6 Å². The largest absolute Gasteiger partial charge is 4.00 e. The fourth-order valence-corrected chi connectivity index (χ4v) is 2.78. The maximum absolute atomic E-state index is 2.20. The quantitative estimate of drug-likeness (QED) is 0.350. The van der Waals surface area contributed by atoms with Crippen molar-refractivity contribution in [1.29, 1.82) is 0 Å². The summed E-state index contributed by atoms with van der Waals surface area (Å²) in [6.07, 6.45) is 0. The Morgan fingerprint density at radius 1 is 0.593 bits per heavy atom. The van der Waals surface area contributed by atoms with E-state index < -0.39 is 0 Å². The molecule has 0 aromatic heterocycles. The number of halogens is 2. The Bertz CT molecular complexity index is 863. The molecule has 0 aliphatic rings. The summed E-state index contributed by atoms with van der Waals surface area (Å²) in [5.41, 5.74) is 2.52. The van der Waals surface area contributed by atoms with E-state index in [-0.39, 0.29) is 51.0 Å². The van der Waals surface area contributed by atoms with E-state index in [9.17, 15) is 0 Å². The minimum absolute atomic E-state index is 0. The first-order chi connectivity index (χ1) is 11.5. The number of rotatable bonds is 2. The monoisotopic (exact) mass is 476 g/mol. The molecule has 0 bridgehead atoms. The Morgan fingerprint density at radius 3 is 1.30 bits per heavy atom. The molecule has 0 fully saturated rings. The molecule has 0 unspecified atom stereocenters. The average Bonchev–Trinajstić information content (AvgIpc) is 3.22. The standard InChI is InChI=1S/2C11H12N.2ClH.Zr/c2*1-12(2)11-7-6-9-4-3-5-10(9)8-11;;;/h2*3-8H,1-2H3;2*1H;/q2*-1;;;+4/p-2. The minimum atomic E-state index is 0. The van der Waals surface area contributed by atoms with E-state index in [1.54, 1.807) is 0 Å². The smallest absolute Gasteiger partial charge is 1.00 e. The Hall–Kier alpha value is -1.28. The van der Waals surface area contributed by atoms with Gasteiger partial charge in [-0.05, 0) is 0 Å². The summed E-state index contributed by atoms with van der Waals surface area (Å²) in [5, 5.41) is 5.28. The zero-order chi connectivity index (χ0) is 17.1. The van der Waals surface area contributed by atoms with Crippen molar-refractivity contribution in [3.8, 4) is 0 Å². The van der Waals surface area contributed by atoms with Gasteiger partial charge in [-0.15, -0.1) is 35.0 Å². The molecule has 0 amide bonds. The van der Waals surface area contributed by atoms with E-state index in [2.05, 4.69) is 111 Å². The Kier molecular flexibility index (Phi) is 11.0. The molecule has 0 radical (unpaired) electrons. The van der Waals surface area contributed by atoms with Crippen molar-refractivity contribution >= 4 is 32.9 Å². The summed E-state index contributed by atoms with van der Waals surface area (Å²) in [6.45, 7) is 0. The third-order valence-corrected chi connectivity index (χ3v) is 4.28. The van der Waals surface area contributed by atoms with Crippen LogP contribution in [0.25, 0.3) is 21.5 Å². The summed E-state index contributed by atoms with van der Waals surface area (Å²) in [7, 11) is 8.24. The van der Waals surface area contributed by atoms with Gasteiger partial charge < -0.3 is 34.6 Å². The first kappa shape index (κ1) is 25.7. The van der Waals surface area contributed by atoms with Crippen LogP contribution >= 0.6 is 0 Å². The molecule has 27 heavy (non-hydrogen) atoms.